The summed E-state index contributed by atoms with van der Waals surface area (Å²) in [7, 11) is -3.98. The van der Waals surface area contributed by atoms with E-state index in [1.54, 1.807) is 11.5 Å². The third-order valence-electron chi connectivity index (χ3n) is 5.82. The molecule has 3 aromatic rings. The molecular formula is C22H26N6O7P-. The highest BCUT2D eigenvalue weighted by Crippen LogP contribution is 2.43. The Morgan fingerprint density at radius 3 is 2.69 bits per heavy atom. The van der Waals surface area contributed by atoms with Gasteiger partial charge in [-0.05, 0) is 12.5 Å². The van der Waals surface area contributed by atoms with Crippen LogP contribution in [0, 0.1) is 0 Å². The maximum atomic E-state index is 12.0. The maximum absolute atomic E-state index is 12.0. The summed E-state index contributed by atoms with van der Waals surface area (Å²) in [5, 5.41) is 5.30. The average molecular weight is 517 g/mol. The van der Waals surface area contributed by atoms with Crippen molar-refractivity contribution in [2.45, 2.75) is 44.2 Å². The number of carbonyl (C=O) groups is 1. The number of rotatable bonds is 8. The Morgan fingerprint density at radius 1 is 1.17 bits per heavy atom. The number of carbonyl (C=O) groups excluding carboxylic acids is 1. The first kappa shape index (κ1) is 24.8. The summed E-state index contributed by atoms with van der Waals surface area (Å²) < 4.78 is 36.9. The van der Waals surface area contributed by atoms with Gasteiger partial charge in [-0.25, -0.2) is 19.7 Å². The normalized spacial score (nSPS) is 27.0. The quantitative estimate of drug-likeness (QED) is 0.418. The molecule has 0 aliphatic carbocycles. The highest BCUT2D eigenvalue weighted by atomic mass is 31.2. The van der Waals surface area contributed by atoms with Gasteiger partial charge in [-0.15, -0.1) is 0 Å². The Kier molecular flexibility index (Phi) is 7.02. The van der Waals surface area contributed by atoms with E-state index in [2.05, 4.69) is 25.6 Å². The molecule has 4 heterocycles. The predicted molar refractivity (Wildman–Crippen MR) is 125 cm³/mol. The minimum absolute atomic E-state index is 0.220. The fourth-order valence-electron chi connectivity index (χ4n) is 4.31. The second-order valence-corrected chi connectivity index (χ2v) is 10.3. The number of imidazole rings is 1. The zero-order valence-corrected chi connectivity index (χ0v) is 20.5. The van der Waals surface area contributed by atoms with Crippen LogP contribution >= 0.6 is 7.60 Å². The lowest BCUT2D eigenvalue weighted by Crippen LogP contribution is -2.32. The molecule has 2 aliphatic rings. The summed E-state index contributed by atoms with van der Waals surface area (Å²) in [6.07, 6.45) is 0.166. The fourth-order valence-corrected chi connectivity index (χ4v) is 4.73. The van der Waals surface area contributed by atoms with E-state index in [0.717, 1.165) is 12.2 Å². The average Bonchev–Trinajstić information content (AvgIpc) is 3.52. The van der Waals surface area contributed by atoms with Crippen LogP contribution < -0.4 is 15.5 Å². The number of nitrogens with one attached hydrogen (secondary N) is 2. The fraction of sp³-hybridized carbons (Fsp3) is 0.455. The SMILES string of the molecule is CCNC(=O)Nc1ncnc2c1ncn2[C@@H]1O[C@H](COP(C)(=O)[O-])C2OC(Cc3ccccc3)O[C@@H]21. The number of hydrogen-bond donors (Lipinski definition) is 2. The van der Waals surface area contributed by atoms with Crippen molar-refractivity contribution in [2.24, 2.45) is 0 Å². The number of amides is 2. The second kappa shape index (κ2) is 10.2. The molecule has 0 saturated carbocycles. The molecule has 0 radical (unpaired) electrons. The van der Waals surface area contributed by atoms with Crippen molar-refractivity contribution in [1.29, 1.82) is 0 Å². The molecule has 2 aliphatic heterocycles. The lowest BCUT2D eigenvalue weighted by molar-refractivity contribution is -0.202. The first-order valence-electron chi connectivity index (χ1n) is 11.5. The van der Waals surface area contributed by atoms with Crippen LogP contribution in [-0.4, -0.2) is 70.0 Å². The molecule has 192 valence electrons. The van der Waals surface area contributed by atoms with Gasteiger partial charge in [0.15, 0.2) is 29.5 Å². The Morgan fingerprint density at radius 2 is 1.94 bits per heavy atom. The first-order chi connectivity index (χ1) is 17.3. The Bertz CT molecular complexity index is 1270. The number of nitrogens with zero attached hydrogens (tertiary/aromatic N) is 4. The topological polar surface area (TPSA) is 162 Å². The van der Waals surface area contributed by atoms with Gasteiger partial charge in [0, 0.05) is 19.6 Å². The summed E-state index contributed by atoms with van der Waals surface area (Å²) in [4.78, 5) is 36.5. The molecule has 36 heavy (non-hydrogen) atoms. The zero-order chi connectivity index (χ0) is 25.3. The molecule has 1 aromatic carbocycles. The Balaban J connectivity index is 1.41. The van der Waals surface area contributed by atoms with Gasteiger partial charge < -0.3 is 33.5 Å². The van der Waals surface area contributed by atoms with E-state index in [4.69, 9.17) is 18.7 Å². The molecule has 5 rings (SSSR count). The Labute approximate surface area is 206 Å². The minimum atomic E-state index is -3.98. The van der Waals surface area contributed by atoms with E-state index in [0.29, 0.717) is 24.1 Å². The molecule has 2 aromatic heterocycles. The summed E-state index contributed by atoms with van der Waals surface area (Å²) in [6.45, 7) is 3.04. The minimum Gasteiger partial charge on any atom is -0.779 e. The molecule has 2 amide bonds. The molecule has 14 heteroatoms. The molecule has 3 unspecified atom stereocenters. The van der Waals surface area contributed by atoms with Crippen LogP contribution in [0.1, 0.15) is 18.7 Å². The van der Waals surface area contributed by atoms with Gasteiger partial charge in [-0.1, -0.05) is 30.3 Å². The monoisotopic (exact) mass is 517 g/mol. The Hall–Kier alpha value is -2.93. The molecular weight excluding hydrogens is 491 g/mol. The number of urea groups is 1. The number of ether oxygens (including phenoxy) is 3. The second-order valence-electron chi connectivity index (χ2n) is 8.48. The van der Waals surface area contributed by atoms with Gasteiger partial charge in [0.1, 0.15) is 32.2 Å². The van der Waals surface area contributed by atoms with Crippen molar-refractivity contribution in [3.63, 3.8) is 0 Å². The third kappa shape index (κ3) is 5.26. The van der Waals surface area contributed by atoms with E-state index in [-0.39, 0.29) is 12.4 Å². The van der Waals surface area contributed by atoms with Crippen LogP contribution in [0.25, 0.3) is 11.2 Å². The third-order valence-corrected chi connectivity index (χ3v) is 6.44. The standard InChI is InChI=1S/C22H27N6O7P/c1-3-23-22(29)27-19-16-20(25-11-24-19)28(12-26-16)21-18-17(14(33-21)10-32-36(2,30)31)34-15(35-18)9-13-7-5-4-6-8-13/h4-8,11-12,14-15,17-18,21H,3,9-10H2,1-2H3,(H,30,31)(H2,23,24,25,27,29)/p-1/t14-,15?,17?,18+,21-/m1/s1. The largest absolute Gasteiger partial charge is 0.779 e. The van der Waals surface area contributed by atoms with Gasteiger partial charge in [-0.2, -0.15) is 0 Å². The van der Waals surface area contributed by atoms with Crippen LogP contribution in [-0.2, 0) is 29.7 Å². The van der Waals surface area contributed by atoms with Gasteiger partial charge in [-0.3, -0.25) is 9.88 Å². The lowest BCUT2D eigenvalue weighted by atomic mass is 10.1. The van der Waals surface area contributed by atoms with Crippen LogP contribution in [0.3, 0.4) is 0 Å². The van der Waals surface area contributed by atoms with Crippen molar-refractivity contribution >= 4 is 30.6 Å². The number of aromatic nitrogens is 4. The smallest absolute Gasteiger partial charge is 0.320 e. The zero-order valence-electron chi connectivity index (χ0n) is 19.6. The van der Waals surface area contributed by atoms with E-state index in [1.807, 2.05) is 30.3 Å². The highest BCUT2D eigenvalue weighted by Gasteiger charge is 2.54. The van der Waals surface area contributed by atoms with E-state index < -0.39 is 44.5 Å². The molecule has 0 spiro atoms. The van der Waals surface area contributed by atoms with Gasteiger partial charge in [0.05, 0.1) is 12.9 Å². The maximum Gasteiger partial charge on any atom is 0.320 e. The summed E-state index contributed by atoms with van der Waals surface area (Å²) in [5.41, 5.74) is 1.80. The molecule has 0 bridgehead atoms. The van der Waals surface area contributed by atoms with E-state index in [1.165, 1.54) is 12.7 Å². The van der Waals surface area contributed by atoms with Gasteiger partial charge >= 0.3 is 6.03 Å². The van der Waals surface area contributed by atoms with Crippen molar-refractivity contribution in [2.75, 3.05) is 25.1 Å². The van der Waals surface area contributed by atoms with Crippen LogP contribution in [0.15, 0.2) is 43.0 Å². The molecule has 2 fully saturated rings. The number of benzene rings is 1. The van der Waals surface area contributed by atoms with Gasteiger partial charge in [0.25, 0.3) is 0 Å². The van der Waals surface area contributed by atoms with Crippen LogP contribution in [0.4, 0.5) is 10.6 Å². The predicted octanol–water partition coefficient (Wildman–Crippen LogP) is 1.42. The molecule has 2 saturated heterocycles. The number of anilines is 1. The lowest BCUT2D eigenvalue weighted by Gasteiger charge is -2.24. The molecule has 6 atom stereocenters. The van der Waals surface area contributed by atoms with Crippen molar-refractivity contribution in [1.82, 2.24) is 24.8 Å². The van der Waals surface area contributed by atoms with Crippen molar-refractivity contribution in [3.05, 3.63) is 48.5 Å². The molecule has 13 nitrogen and oxygen atoms in total. The van der Waals surface area contributed by atoms with Crippen molar-refractivity contribution in [3.8, 4) is 0 Å². The van der Waals surface area contributed by atoms with E-state index >= 15 is 0 Å². The van der Waals surface area contributed by atoms with E-state index in [9.17, 15) is 14.3 Å². The highest BCUT2D eigenvalue weighted by molar-refractivity contribution is 7.50. The van der Waals surface area contributed by atoms with Crippen LogP contribution in [0.2, 0.25) is 0 Å². The summed E-state index contributed by atoms with van der Waals surface area (Å²) in [6, 6.07) is 9.33. The number of fused-ring (bicyclic) bond motifs is 2. The number of hydrogen-bond acceptors (Lipinski definition) is 10. The molecule has 2 N–H and O–H groups in total. The summed E-state index contributed by atoms with van der Waals surface area (Å²) >= 11 is 0. The van der Waals surface area contributed by atoms with Gasteiger partial charge in [0.2, 0.25) is 0 Å². The van der Waals surface area contributed by atoms with Crippen LogP contribution in [0.5, 0.6) is 0 Å². The first-order valence-corrected chi connectivity index (χ1v) is 13.5. The summed E-state index contributed by atoms with van der Waals surface area (Å²) in [5.74, 6) is 0.239. The van der Waals surface area contributed by atoms with Crippen molar-refractivity contribution < 1.29 is 33.0 Å².